The van der Waals surface area contributed by atoms with Crippen LogP contribution in [0.3, 0.4) is 0 Å². The van der Waals surface area contributed by atoms with Crippen LogP contribution in [0.15, 0.2) is 24.3 Å². The van der Waals surface area contributed by atoms with Crippen molar-refractivity contribution in [3.8, 4) is 0 Å². The number of non-ortho nitro benzene ring substituents is 1. The van der Waals surface area contributed by atoms with Gasteiger partial charge in [-0.15, -0.1) is 0 Å². The van der Waals surface area contributed by atoms with Crippen LogP contribution in [0, 0.1) is 15.5 Å². The third-order valence-corrected chi connectivity index (χ3v) is 4.67. The second-order valence-electron chi connectivity index (χ2n) is 6.01. The number of nitro benzene ring substituents is 1. The lowest BCUT2D eigenvalue weighted by molar-refractivity contribution is -0.384. The highest BCUT2D eigenvalue weighted by molar-refractivity contribution is 5.89. The highest BCUT2D eigenvalue weighted by Crippen LogP contribution is 2.50. The van der Waals surface area contributed by atoms with E-state index < -0.39 is 21.9 Å². The van der Waals surface area contributed by atoms with E-state index in [-0.39, 0.29) is 43.8 Å². The lowest BCUT2D eigenvalue weighted by atomic mass is 9.61. The minimum absolute atomic E-state index is 0.0734. The van der Waals surface area contributed by atoms with E-state index in [1.165, 1.54) is 18.2 Å². The van der Waals surface area contributed by atoms with Crippen molar-refractivity contribution in [1.82, 2.24) is 0 Å². The van der Waals surface area contributed by atoms with Gasteiger partial charge in [0.2, 0.25) is 0 Å². The summed E-state index contributed by atoms with van der Waals surface area (Å²) in [6.07, 6.45) is 0.404. The molecule has 116 valence electrons. The van der Waals surface area contributed by atoms with Crippen LogP contribution in [0.4, 0.5) is 5.69 Å². The molecule has 0 amide bonds. The molecule has 1 N–H and O–H groups in total. The van der Waals surface area contributed by atoms with Crippen LogP contribution in [-0.2, 0) is 20.7 Å². The molecule has 1 heterocycles. The fourth-order valence-corrected chi connectivity index (χ4v) is 3.43. The zero-order chi connectivity index (χ0) is 16.0. The van der Waals surface area contributed by atoms with E-state index >= 15 is 0 Å². The molecule has 7 nitrogen and oxygen atoms in total. The van der Waals surface area contributed by atoms with Crippen molar-refractivity contribution < 1.29 is 24.4 Å². The fraction of sp³-hybridized carbons (Fsp3) is 0.467. The lowest BCUT2D eigenvalue weighted by Gasteiger charge is -2.41. The standard InChI is InChI=1S/C15H15NO6/c17-12-4-5-14(13(18)22-9-15(14,19)8-12)7-10-2-1-3-11(6-10)16(20)21/h1-3,6,19H,4-5,7-9H2. The number of cyclic esters (lactones) is 1. The van der Waals surface area contributed by atoms with Crippen molar-refractivity contribution in [3.05, 3.63) is 39.9 Å². The molecule has 1 saturated carbocycles. The molecule has 1 aromatic carbocycles. The summed E-state index contributed by atoms with van der Waals surface area (Å²) < 4.78 is 5.03. The summed E-state index contributed by atoms with van der Waals surface area (Å²) in [5, 5.41) is 21.6. The average Bonchev–Trinajstić information content (AvgIpc) is 2.72. The SMILES string of the molecule is O=C1CCC2(Cc3cccc([N+](=O)[O-])c3)C(=O)OCC2(O)C1. The lowest BCUT2D eigenvalue weighted by Crippen LogP contribution is -2.54. The van der Waals surface area contributed by atoms with Gasteiger partial charge in [0.1, 0.15) is 23.4 Å². The topological polar surface area (TPSA) is 107 Å². The predicted molar refractivity (Wildman–Crippen MR) is 74.0 cm³/mol. The number of ether oxygens (including phenoxy) is 1. The minimum Gasteiger partial charge on any atom is -0.462 e. The van der Waals surface area contributed by atoms with Crippen LogP contribution >= 0.6 is 0 Å². The molecule has 22 heavy (non-hydrogen) atoms. The van der Waals surface area contributed by atoms with Crippen LogP contribution in [-0.4, -0.2) is 34.0 Å². The van der Waals surface area contributed by atoms with E-state index in [4.69, 9.17) is 4.74 Å². The van der Waals surface area contributed by atoms with Gasteiger partial charge in [0.15, 0.2) is 0 Å². The number of nitro groups is 1. The van der Waals surface area contributed by atoms with Crippen molar-refractivity contribution in [2.75, 3.05) is 6.61 Å². The van der Waals surface area contributed by atoms with Crippen molar-refractivity contribution in [3.63, 3.8) is 0 Å². The van der Waals surface area contributed by atoms with Gasteiger partial charge in [0.05, 0.1) is 4.92 Å². The maximum absolute atomic E-state index is 12.2. The number of Topliss-reactive ketones (excluding diaryl/α,β-unsaturated/α-hetero) is 1. The van der Waals surface area contributed by atoms with E-state index in [0.717, 1.165) is 0 Å². The summed E-state index contributed by atoms with van der Waals surface area (Å²) in [7, 11) is 0. The third-order valence-electron chi connectivity index (χ3n) is 4.67. The largest absolute Gasteiger partial charge is 0.462 e. The number of carbonyl (C=O) groups is 2. The van der Waals surface area contributed by atoms with E-state index in [0.29, 0.717) is 5.56 Å². The van der Waals surface area contributed by atoms with Crippen molar-refractivity contribution in [2.24, 2.45) is 5.41 Å². The first-order valence-electron chi connectivity index (χ1n) is 7.01. The summed E-state index contributed by atoms with van der Waals surface area (Å²) in [6, 6.07) is 5.96. The Balaban J connectivity index is 1.98. The van der Waals surface area contributed by atoms with Crippen LogP contribution in [0.1, 0.15) is 24.8 Å². The monoisotopic (exact) mass is 305 g/mol. The average molecular weight is 305 g/mol. The smallest absolute Gasteiger partial charge is 0.315 e. The summed E-state index contributed by atoms with van der Waals surface area (Å²) in [5.41, 5.74) is -2.23. The Morgan fingerprint density at radius 1 is 1.36 bits per heavy atom. The van der Waals surface area contributed by atoms with Gasteiger partial charge >= 0.3 is 5.97 Å². The van der Waals surface area contributed by atoms with Crippen molar-refractivity contribution >= 4 is 17.4 Å². The highest BCUT2D eigenvalue weighted by Gasteiger charge is 2.64. The van der Waals surface area contributed by atoms with Gasteiger partial charge in [-0.05, 0) is 18.4 Å². The number of benzene rings is 1. The summed E-state index contributed by atoms with van der Waals surface area (Å²) in [6.45, 7) is -0.202. The summed E-state index contributed by atoms with van der Waals surface area (Å²) in [4.78, 5) is 34.2. The number of ketones is 1. The quantitative estimate of drug-likeness (QED) is 0.510. The Labute approximate surface area is 126 Å². The molecule has 3 rings (SSSR count). The number of carbonyl (C=O) groups excluding carboxylic acids is 2. The molecule has 2 aliphatic rings. The van der Waals surface area contributed by atoms with Crippen molar-refractivity contribution in [2.45, 2.75) is 31.3 Å². The molecule has 0 bridgehead atoms. The first kappa shape index (κ1) is 14.6. The van der Waals surface area contributed by atoms with E-state index in [2.05, 4.69) is 0 Å². The number of hydrogen-bond donors (Lipinski definition) is 1. The normalized spacial score (nSPS) is 30.8. The number of hydrogen-bond acceptors (Lipinski definition) is 6. The van der Waals surface area contributed by atoms with Gasteiger partial charge in [-0.2, -0.15) is 0 Å². The van der Waals surface area contributed by atoms with Gasteiger partial charge < -0.3 is 9.84 Å². The maximum Gasteiger partial charge on any atom is 0.315 e. The number of esters is 1. The van der Waals surface area contributed by atoms with Crippen molar-refractivity contribution in [1.29, 1.82) is 0 Å². The van der Waals surface area contributed by atoms with E-state index in [1.807, 2.05) is 0 Å². The molecule has 0 radical (unpaired) electrons. The Kier molecular flexibility index (Phi) is 3.25. The Bertz CT molecular complexity index is 672. The predicted octanol–water partition coefficient (Wildman–Crippen LogP) is 1.16. The Morgan fingerprint density at radius 2 is 2.14 bits per heavy atom. The molecule has 1 aliphatic carbocycles. The summed E-state index contributed by atoms with van der Waals surface area (Å²) >= 11 is 0. The van der Waals surface area contributed by atoms with Gasteiger partial charge in [-0.3, -0.25) is 19.7 Å². The molecule has 0 aromatic heterocycles. The number of fused-ring (bicyclic) bond motifs is 1. The molecule has 1 saturated heterocycles. The van der Waals surface area contributed by atoms with Crippen LogP contribution < -0.4 is 0 Å². The molecular formula is C15H15NO6. The molecule has 1 aliphatic heterocycles. The van der Waals surface area contributed by atoms with E-state index in [1.54, 1.807) is 6.07 Å². The molecule has 2 atom stereocenters. The first-order chi connectivity index (χ1) is 10.4. The zero-order valence-electron chi connectivity index (χ0n) is 11.8. The molecular weight excluding hydrogens is 290 g/mol. The van der Waals surface area contributed by atoms with Gasteiger partial charge in [0.25, 0.3) is 5.69 Å². The molecule has 0 spiro atoms. The highest BCUT2D eigenvalue weighted by atomic mass is 16.6. The molecule has 2 unspecified atom stereocenters. The number of rotatable bonds is 3. The van der Waals surface area contributed by atoms with Crippen LogP contribution in [0.2, 0.25) is 0 Å². The second-order valence-corrected chi connectivity index (χ2v) is 6.01. The molecule has 7 heteroatoms. The fourth-order valence-electron chi connectivity index (χ4n) is 3.43. The van der Waals surface area contributed by atoms with Gasteiger partial charge in [-0.25, -0.2) is 0 Å². The third kappa shape index (κ3) is 2.09. The van der Waals surface area contributed by atoms with Gasteiger partial charge in [0, 0.05) is 25.0 Å². The Hall–Kier alpha value is -2.28. The van der Waals surface area contributed by atoms with Gasteiger partial charge in [-0.1, -0.05) is 12.1 Å². The zero-order valence-corrected chi connectivity index (χ0v) is 11.8. The van der Waals surface area contributed by atoms with Crippen LogP contribution in [0.25, 0.3) is 0 Å². The Morgan fingerprint density at radius 3 is 2.86 bits per heavy atom. The van der Waals surface area contributed by atoms with E-state index in [9.17, 15) is 24.8 Å². The second kappa shape index (κ2) is 4.88. The molecule has 1 aromatic rings. The number of aliphatic hydroxyl groups is 1. The first-order valence-corrected chi connectivity index (χ1v) is 7.01. The number of nitrogens with zero attached hydrogens (tertiary/aromatic N) is 1. The van der Waals surface area contributed by atoms with Crippen LogP contribution in [0.5, 0.6) is 0 Å². The minimum atomic E-state index is -1.52. The summed E-state index contributed by atoms with van der Waals surface area (Å²) in [5.74, 6) is -0.635. The maximum atomic E-state index is 12.2. The molecule has 2 fully saturated rings.